The van der Waals surface area contributed by atoms with Gasteiger partial charge in [-0.15, -0.1) is 0 Å². The second kappa shape index (κ2) is 8.34. The van der Waals surface area contributed by atoms with Crippen molar-refractivity contribution in [1.29, 1.82) is 0 Å². The van der Waals surface area contributed by atoms with E-state index in [-0.39, 0.29) is 5.91 Å². The minimum atomic E-state index is -0.254. The fourth-order valence-corrected chi connectivity index (χ4v) is 2.10. The molecule has 23 heavy (non-hydrogen) atoms. The number of nitrogens with one attached hydrogen (secondary N) is 1. The Morgan fingerprint density at radius 1 is 1.26 bits per heavy atom. The van der Waals surface area contributed by atoms with Gasteiger partial charge >= 0.3 is 0 Å². The number of rotatable bonds is 6. The van der Waals surface area contributed by atoms with Crippen molar-refractivity contribution in [3.8, 4) is 5.75 Å². The van der Waals surface area contributed by atoms with Crippen molar-refractivity contribution < 1.29 is 9.53 Å². The van der Waals surface area contributed by atoms with Gasteiger partial charge in [0.25, 0.3) is 5.91 Å². The van der Waals surface area contributed by atoms with Crippen LogP contribution < -0.4 is 10.2 Å². The van der Waals surface area contributed by atoms with E-state index < -0.39 is 0 Å². The van der Waals surface area contributed by atoms with Crippen molar-refractivity contribution in [3.05, 3.63) is 64.2 Å². The highest BCUT2D eigenvalue weighted by Crippen LogP contribution is 2.24. The van der Waals surface area contributed by atoms with Gasteiger partial charge < -0.3 is 4.74 Å². The normalized spacial score (nSPS) is 10.7. The van der Waals surface area contributed by atoms with E-state index in [9.17, 15) is 4.79 Å². The van der Waals surface area contributed by atoms with Gasteiger partial charge in [0.1, 0.15) is 5.75 Å². The Kier molecular flexibility index (Phi) is 6.18. The number of carbonyl (C=O) groups is 1. The van der Waals surface area contributed by atoms with Gasteiger partial charge in [-0.25, -0.2) is 5.43 Å². The maximum absolute atomic E-state index is 11.9. The number of amides is 1. The van der Waals surface area contributed by atoms with Crippen LogP contribution in [0.1, 0.15) is 34.8 Å². The van der Waals surface area contributed by atoms with Crippen molar-refractivity contribution in [2.24, 2.45) is 5.10 Å². The van der Waals surface area contributed by atoms with Gasteiger partial charge in [-0.1, -0.05) is 36.2 Å². The van der Waals surface area contributed by atoms with Crippen LogP contribution in [0.25, 0.3) is 0 Å². The molecule has 4 nitrogen and oxygen atoms in total. The molecule has 2 rings (SSSR count). The molecule has 0 heterocycles. The topological polar surface area (TPSA) is 50.7 Å². The van der Waals surface area contributed by atoms with Crippen LogP contribution in [0.15, 0.2) is 47.6 Å². The maximum Gasteiger partial charge on any atom is 0.271 e. The van der Waals surface area contributed by atoms with Gasteiger partial charge in [-0.3, -0.25) is 4.79 Å². The average Bonchev–Trinajstić information content (AvgIpc) is 2.54. The van der Waals surface area contributed by atoms with Gasteiger partial charge in [0.2, 0.25) is 0 Å². The van der Waals surface area contributed by atoms with E-state index in [0.29, 0.717) is 22.9 Å². The summed E-state index contributed by atoms with van der Waals surface area (Å²) < 4.78 is 5.50. The number of ether oxygens (including phenoxy) is 1. The fraction of sp³-hybridized carbons (Fsp3) is 0.222. The molecule has 1 N–H and O–H groups in total. The van der Waals surface area contributed by atoms with E-state index in [1.165, 1.54) is 0 Å². The van der Waals surface area contributed by atoms with Gasteiger partial charge in [0, 0.05) is 5.56 Å². The molecule has 0 saturated carbocycles. The molecule has 0 bridgehead atoms. The van der Waals surface area contributed by atoms with Gasteiger partial charge in [-0.2, -0.15) is 5.10 Å². The number of hydrogen-bond donors (Lipinski definition) is 1. The van der Waals surface area contributed by atoms with Crippen LogP contribution in [0.3, 0.4) is 0 Å². The quantitative estimate of drug-likeness (QED) is 0.637. The second-order valence-corrected chi connectivity index (χ2v) is 5.51. The second-order valence-electron chi connectivity index (χ2n) is 5.10. The summed E-state index contributed by atoms with van der Waals surface area (Å²) >= 11 is 6.14. The summed E-state index contributed by atoms with van der Waals surface area (Å²) in [5.74, 6) is 0.393. The van der Waals surface area contributed by atoms with E-state index in [4.69, 9.17) is 16.3 Å². The Balaban J connectivity index is 1.96. The summed E-state index contributed by atoms with van der Waals surface area (Å²) in [5.41, 5.74) is 4.94. The first-order valence-electron chi connectivity index (χ1n) is 7.42. The van der Waals surface area contributed by atoms with E-state index in [1.807, 2.05) is 32.0 Å². The molecule has 0 fully saturated rings. The van der Waals surface area contributed by atoms with Crippen molar-refractivity contribution in [2.75, 3.05) is 6.61 Å². The molecule has 5 heteroatoms. The van der Waals surface area contributed by atoms with Crippen LogP contribution in [0.2, 0.25) is 5.02 Å². The number of hydrazone groups is 1. The molecule has 0 saturated heterocycles. The third-order valence-corrected chi connectivity index (χ3v) is 3.41. The van der Waals surface area contributed by atoms with Gasteiger partial charge in [0.15, 0.2) is 0 Å². The first kappa shape index (κ1) is 17.0. The van der Waals surface area contributed by atoms with E-state index in [0.717, 1.165) is 17.5 Å². The smallest absolute Gasteiger partial charge is 0.271 e. The first-order chi connectivity index (χ1) is 11.1. The van der Waals surface area contributed by atoms with Crippen LogP contribution in [0.5, 0.6) is 5.75 Å². The molecular formula is C18H19ClN2O2. The Hall–Kier alpha value is -2.33. The minimum Gasteiger partial charge on any atom is -0.492 e. The van der Waals surface area contributed by atoms with E-state index in [1.54, 1.807) is 30.5 Å². The standard InChI is InChI=1S/C18H19ClN2O2/c1-3-10-23-17-9-6-14(11-16(17)19)12-20-21-18(22)15-7-4-13(2)5-8-15/h4-9,11-12H,3,10H2,1-2H3,(H,21,22)/b20-12-. The Bertz CT molecular complexity index is 697. The van der Waals surface area contributed by atoms with E-state index >= 15 is 0 Å². The minimum absolute atomic E-state index is 0.254. The summed E-state index contributed by atoms with van der Waals surface area (Å²) in [4.78, 5) is 11.9. The largest absolute Gasteiger partial charge is 0.492 e. The molecule has 0 aliphatic heterocycles. The van der Waals surface area contributed by atoms with Gasteiger partial charge in [-0.05, 0) is 49.2 Å². The number of carbonyl (C=O) groups excluding carboxylic acids is 1. The molecular weight excluding hydrogens is 312 g/mol. The summed E-state index contributed by atoms with van der Waals surface area (Å²) in [5, 5.41) is 4.47. The third-order valence-electron chi connectivity index (χ3n) is 3.11. The van der Waals surface area contributed by atoms with E-state index in [2.05, 4.69) is 10.5 Å². The third kappa shape index (κ3) is 5.11. The SMILES string of the molecule is CCCOc1ccc(/C=N\NC(=O)c2ccc(C)cc2)cc1Cl. The molecule has 0 aliphatic carbocycles. The highest BCUT2D eigenvalue weighted by molar-refractivity contribution is 6.32. The average molecular weight is 331 g/mol. The summed E-state index contributed by atoms with van der Waals surface area (Å²) in [6.07, 6.45) is 2.46. The molecule has 0 atom stereocenters. The molecule has 0 aliphatic rings. The molecule has 2 aromatic carbocycles. The molecule has 0 radical (unpaired) electrons. The fourth-order valence-electron chi connectivity index (χ4n) is 1.86. The molecule has 0 unspecified atom stereocenters. The lowest BCUT2D eigenvalue weighted by atomic mass is 10.1. The highest BCUT2D eigenvalue weighted by atomic mass is 35.5. The molecule has 120 valence electrons. The highest BCUT2D eigenvalue weighted by Gasteiger charge is 2.04. The zero-order chi connectivity index (χ0) is 16.7. The Morgan fingerprint density at radius 3 is 2.65 bits per heavy atom. The molecule has 1 amide bonds. The molecule has 2 aromatic rings. The zero-order valence-corrected chi connectivity index (χ0v) is 13.9. The molecule has 0 aromatic heterocycles. The van der Waals surface area contributed by atoms with Crippen molar-refractivity contribution in [3.63, 3.8) is 0 Å². The predicted octanol–water partition coefficient (Wildman–Crippen LogP) is 4.20. The summed E-state index contributed by atoms with van der Waals surface area (Å²) in [6.45, 7) is 4.63. The lowest BCUT2D eigenvalue weighted by Gasteiger charge is -2.06. The predicted molar refractivity (Wildman–Crippen MR) is 93.5 cm³/mol. The van der Waals surface area contributed by atoms with Crippen molar-refractivity contribution >= 4 is 23.7 Å². The number of halogens is 1. The molecule has 0 spiro atoms. The lowest BCUT2D eigenvalue weighted by Crippen LogP contribution is -2.17. The number of nitrogens with zero attached hydrogens (tertiary/aromatic N) is 1. The Morgan fingerprint density at radius 2 is 2.00 bits per heavy atom. The van der Waals surface area contributed by atoms with Crippen LogP contribution in [-0.2, 0) is 0 Å². The van der Waals surface area contributed by atoms with Crippen LogP contribution in [0.4, 0.5) is 0 Å². The van der Waals surface area contributed by atoms with Crippen LogP contribution >= 0.6 is 11.6 Å². The maximum atomic E-state index is 11.9. The zero-order valence-electron chi connectivity index (χ0n) is 13.2. The first-order valence-corrected chi connectivity index (χ1v) is 7.80. The van der Waals surface area contributed by atoms with Crippen LogP contribution in [-0.4, -0.2) is 18.7 Å². The van der Waals surface area contributed by atoms with Crippen molar-refractivity contribution in [2.45, 2.75) is 20.3 Å². The Labute approximate surface area is 141 Å². The number of aryl methyl sites for hydroxylation is 1. The number of hydrogen-bond acceptors (Lipinski definition) is 3. The van der Waals surface area contributed by atoms with Crippen LogP contribution in [0, 0.1) is 6.92 Å². The monoisotopic (exact) mass is 330 g/mol. The summed E-state index contributed by atoms with van der Waals surface area (Å²) in [6, 6.07) is 12.7. The van der Waals surface area contributed by atoms with Gasteiger partial charge in [0.05, 0.1) is 17.8 Å². The lowest BCUT2D eigenvalue weighted by molar-refractivity contribution is 0.0955. The number of benzene rings is 2. The summed E-state index contributed by atoms with van der Waals surface area (Å²) in [7, 11) is 0. The van der Waals surface area contributed by atoms with Crippen molar-refractivity contribution in [1.82, 2.24) is 5.43 Å².